The highest BCUT2D eigenvalue weighted by atomic mass is 79.9. The van der Waals surface area contributed by atoms with E-state index >= 15 is 0 Å². The van der Waals surface area contributed by atoms with Gasteiger partial charge in [0.2, 0.25) is 0 Å². The summed E-state index contributed by atoms with van der Waals surface area (Å²) in [7, 11) is -2.49. The first-order valence-corrected chi connectivity index (χ1v) is 5.70. The zero-order valence-electron chi connectivity index (χ0n) is 10.8. The minimum atomic E-state index is -2.49. The Bertz CT molecular complexity index is 583. The molecule has 1 nitrogen and oxygen atoms in total. The Balaban J connectivity index is 2.68. The van der Waals surface area contributed by atoms with Gasteiger partial charge in [-0.15, -0.1) is 11.6 Å². The zero-order valence-corrected chi connectivity index (χ0v) is 10.1. The fraction of sp³-hybridized carbons (Fsp3) is 0.167. The van der Waals surface area contributed by atoms with Gasteiger partial charge in [-0.3, -0.25) is 0 Å². The van der Waals surface area contributed by atoms with Gasteiger partial charge in [-0.25, -0.2) is 0 Å². The summed E-state index contributed by atoms with van der Waals surface area (Å²) >= 11 is 9.26. The summed E-state index contributed by atoms with van der Waals surface area (Å²) in [5.74, 6) is 0.467. The molecule has 0 amide bonds. The number of rotatable bonds is 2. The molecule has 0 unspecified atom stereocenters. The SMILES string of the molecule is [2H]C([2H])([2H])Oc1c(Br)cc2ccccc2c1CCl. The fourth-order valence-corrected chi connectivity index (χ4v) is 2.44. The lowest BCUT2D eigenvalue weighted by atomic mass is 10.0. The van der Waals surface area contributed by atoms with Gasteiger partial charge in [-0.1, -0.05) is 24.3 Å². The largest absolute Gasteiger partial charge is 0.495 e. The molecule has 0 atom stereocenters. The first kappa shape index (κ1) is 7.53. The highest BCUT2D eigenvalue weighted by molar-refractivity contribution is 9.10. The lowest BCUT2D eigenvalue weighted by Crippen LogP contribution is -1.92. The van der Waals surface area contributed by atoms with Crippen LogP contribution in [0.3, 0.4) is 0 Å². The van der Waals surface area contributed by atoms with Gasteiger partial charge in [-0.2, -0.15) is 0 Å². The molecule has 3 heteroatoms. The molecule has 15 heavy (non-hydrogen) atoms. The van der Waals surface area contributed by atoms with E-state index in [4.69, 9.17) is 20.5 Å². The van der Waals surface area contributed by atoms with Crippen LogP contribution in [0, 0.1) is 0 Å². The van der Waals surface area contributed by atoms with E-state index in [0.29, 0.717) is 10.0 Å². The second-order valence-electron chi connectivity index (χ2n) is 3.12. The van der Waals surface area contributed by atoms with Crippen molar-refractivity contribution in [1.82, 2.24) is 0 Å². The lowest BCUT2D eigenvalue weighted by molar-refractivity contribution is 0.409. The Morgan fingerprint density at radius 1 is 1.47 bits per heavy atom. The molecular weight excluding hydrogens is 275 g/mol. The number of fused-ring (bicyclic) bond motifs is 1. The Labute approximate surface area is 106 Å². The Hall–Kier alpha value is -0.730. The van der Waals surface area contributed by atoms with Gasteiger partial charge in [0.05, 0.1) is 21.5 Å². The van der Waals surface area contributed by atoms with Gasteiger partial charge in [-0.05, 0) is 32.8 Å². The van der Waals surface area contributed by atoms with Crippen LogP contribution in [-0.2, 0) is 5.88 Å². The van der Waals surface area contributed by atoms with Crippen molar-refractivity contribution in [2.75, 3.05) is 7.04 Å². The summed E-state index contributed by atoms with van der Waals surface area (Å²) in [5.41, 5.74) is 0.678. The molecule has 78 valence electrons. The minimum absolute atomic E-state index is 0.186. The molecule has 0 N–H and O–H groups in total. The number of methoxy groups -OCH3 is 1. The molecule has 2 aromatic rings. The maximum absolute atomic E-state index is 7.19. The Morgan fingerprint density at radius 2 is 2.27 bits per heavy atom. The molecule has 0 spiro atoms. The molecule has 0 aliphatic carbocycles. The lowest BCUT2D eigenvalue weighted by Gasteiger charge is -2.11. The summed E-state index contributed by atoms with van der Waals surface area (Å²) < 4.78 is 27.2. The average molecular weight is 289 g/mol. The standard InChI is InChI=1S/C12H10BrClO/c1-15-12-10(7-14)9-5-3-2-4-8(9)6-11(12)13/h2-6H,7H2,1H3/i1D3. The van der Waals surface area contributed by atoms with E-state index in [1.165, 1.54) is 0 Å². The number of alkyl halides is 1. The van der Waals surface area contributed by atoms with Crippen LogP contribution in [-0.4, -0.2) is 7.04 Å². The number of ether oxygens (including phenoxy) is 1. The normalized spacial score (nSPS) is 14.4. The van der Waals surface area contributed by atoms with Crippen molar-refractivity contribution in [3.05, 3.63) is 40.4 Å². The van der Waals surface area contributed by atoms with Crippen molar-refractivity contribution in [3.8, 4) is 5.75 Å². The van der Waals surface area contributed by atoms with Crippen LogP contribution in [0.1, 0.15) is 9.68 Å². The van der Waals surface area contributed by atoms with Gasteiger partial charge in [0, 0.05) is 5.56 Å². The van der Waals surface area contributed by atoms with Crippen molar-refractivity contribution in [2.45, 2.75) is 5.88 Å². The smallest absolute Gasteiger partial charge is 0.138 e. The summed E-state index contributed by atoms with van der Waals surface area (Å²) in [6.45, 7) is 0. The van der Waals surface area contributed by atoms with E-state index in [0.717, 1.165) is 10.8 Å². The van der Waals surface area contributed by atoms with Crippen molar-refractivity contribution < 1.29 is 8.85 Å². The number of halogens is 2. The van der Waals surface area contributed by atoms with Crippen LogP contribution in [0.15, 0.2) is 34.8 Å². The Kier molecular flexibility index (Phi) is 2.22. The first-order valence-electron chi connectivity index (χ1n) is 5.87. The van der Waals surface area contributed by atoms with E-state index < -0.39 is 7.04 Å². The van der Waals surface area contributed by atoms with Gasteiger partial charge in [0.25, 0.3) is 0 Å². The highest BCUT2D eigenvalue weighted by Gasteiger charge is 2.11. The minimum Gasteiger partial charge on any atom is -0.495 e. The van der Waals surface area contributed by atoms with Crippen molar-refractivity contribution in [1.29, 1.82) is 0 Å². The summed E-state index contributed by atoms with van der Waals surface area (Å²) in [4.78, 5) is 0. The fourth-order valence-electron chi connectivity index (χ4n) is 1.61. The van der Waals surface area contributed by atoms with Crippen LogP contribution in [0.5, 0.6) is 5.75 Å². The Morgan fingerprint density at radius 3 is 3.00 bits per heavy atom. The first-order chi connectivity index (χ1) is 8.42. The van der Waals surface area contributed by atoms with Crippen LogP contribution in [0.4, 0.5) is 0 Å². The molecule has 0 radical (unpaired) electrons. The van der Waals surface area contributed by atoms with Crippen molar-refractivity contribution in [3.63, 3.8) is 0 Å². The molecule has 0 bridgehead atoms. The molecular formula is C12H10BrClO. The van der Waals surface area contributed by atoms with Crippen LogP contribution in [0.25, 0.3) is 10.8 Å². The molecule has 2 aromatic carbocycles. The third-order valence-electron chi connectivity index (χ3n) is 2.29. The highest BCUT2D eigenvalue weighted by Crippen LogP contribution is 2.36. The predicted molar refractivity (Wildman–Crippen MR) is 67.8 cm³/mol. The monoisotopic (exact) mass is 287 g/mol. The number of hydrogen-bond donors (Lipinski definition) is 0. The number of hydrogen-bond acceptors (Lipinski definition) is 1. The van der Waals surface area contributed by atoms with Gasteiger partial charge >= 0.3 is 0 Å². The molecule has 0 saturated carbocycles. The maximum Gasteiger partial charge on any atom is 0.138 e. The van der Waals surface area contributed by atoms with E-state index in [1.807, 2.05) is 30.3 Å². The van der Waals surface area contributed by atoms with Gasteiger partial charge < -0.3 is 4.74 Å². The van der Waals surface area contributed by atoms with Gasteiger partial charge in [0.15, 0.2) is 0 Å². The summed E-state index contributed by atoms with van der Waals surface area (Å²) in [6.07, 6.45) is 0. The molecule has 0 aliphatic rings. The van der Waals surface area contributed by atoms with Crippen LogP contribution in [0.2, 0.25) is 0 Å². The zero-order chi connectivity index (χ0) is 13.3. The average Bonchev–Trinajstić information content (AvgIpc) is 2.28. The van der Waals surface area contributed by atoms with E-state index in [2.05, 4.69) is 15.9 Å². The van der Waals surface area contributed by atoms with Crippen molar-refractivity contribution in [2.24, 2.45) is 0 Å². The molecule has 0 aromatic heterocycles. The van der Waals surface area contributed by atoms with Crippen LogP contribution >= 0.6 is 27.5 Å². The molecule has 0 fully saturated rings. The summed E-state index contributed by atoms with van der Waals surface area (Å²) in [5, 5.41) is 1.88. The molecule has 0 heterocycles. The summed E-state index contributed by atoms with van der Waals surface area (Å²) in [6, 6.07) is 9.45. The van der Waals surface area contributed by atoms with E-state index in [1.54, 1.807) is 0 Å². The molecule has 2 rings (SSSR count). The second kappa shape index (κ2) is 4.42. The topological polar surface area (TPSA) is 9.23 Å². The quantitative estimate of drug-likeness (QED) is 0.747. The van der Waals surface area contributed by atoms with Crippen molar-refractivity contribution >= 4 is 38.3 Å². The molecule has 0 saturated heterocycles. The van der Waals surface area contributed by atoms with E-state index in [9.17, 15) is 0 Å². The number of benzene rings is 2. The maximum atomic E-state index is 7.19. The predicted octanol–water partition coefficient (Wildman–Crippen LogP) is 4.35. The van der Waals surface area contributed by atoms with E-state index in [-0.39, 0.29) is 11.6 Å². The molecule has 0 aliphatic heterocycles. The third kappa shape index (κ3) is 1.84. The second-order valence-corrected chi connectivity index (χ2v) is 4.24. The van der Waals surface area contributed by atoms with Crippen LogP contribution < -0.4 is 4.74 Å². The van der Waals surface area contributed by atoms with Gasteiger partial charge in [0.1, 0.15) is 5.75 Å². The third-order valence-corrected chi connectivity index (χ3v) is 3.15.